The fourth-order valence-electron chi connectivity index (χ4n) is 5.41. The predicted molar refractivity (Wildman–Crippen MR) is 154 cm³/mol. The molecule has 222 valence electrons. The highest BCUT2D eigenvalue weighted by atomic mass is 32.2. The first-order chi connectivity index (χ1) is 19.5. The molecular weight excluding hydrogens is 552 g/mol. The maximum Gasteiger partial charge on any atom is 0.241 e. The SMILES string of the molecule is COc1cc2c(c(OC)c1OC)-c1ccc(NCC(=O)N3CCN(S(C)(=O)=O)CC3)c(=O)cc1[C@@H](NC(C)=O)CC2. The van der Waals surface area contributed by atoms with E-state index in [-0.39, 0.29) is 55.7 Å². The van der Waals surface area contributed by atoms with E-state index in [0.29, 0.717) is 41.2 Å². The molecule has 0 radical (unpaired) electrons. The first-order valence-corrected chi connectivity index (χ1v) is 15.1. The van der Waals surface area contributed by atoms with E-state index >= 15 is 0 Å². The van der Waals surface area contributed by atoms with Crippen molar-refractivity contribution in [3.63, 3.8) is 0 Å². The van der Waals surface area contributed by atoms with E-state index in [2.05, 4.69) is 10.6 Å². The summed E-state index contributed by atoms with van der Waals surface area (Å²) in [5.74, 6) is 0.888. The third-order valence-corrected chi connectivity index (χ3v) is 8.71. The standard InChI is InChI=1S/C28H36N4O8S/c1-17(33)30-21-8-6-18-14-24(38-2)27(39-3)28(40-4)26(18)19-7-9-22(23(34)15-20(19)21)29-16-25(35)31-10-12-32(13-11-31)41(5,36)37/h7,9,14-15,21H,6,8,10-13,16H2,1-5H3,(H,29,34)(H,30,33)/t21-/m0/s1. The number of fused-ring (bicyclic) bond motifs is 3. The van der Waals surface area contributed by atoms with Crippen molar-refractivity contribution in [1.82, 2.24) is 14.5 Å². The van der Waals surface area contributed by atoms with E-state index in [1.807, 2.05) is 6.07 Å². The van der Waals surface area contributed by atoms with Crippen LogP contribution in [0.2, 0.25) is 0 Å². The lowest BCUT2D eigenvalue weighted by Crippen LogP contribution is -2.51. The summed E-state index contributed by atoms with van der Waals surface area (Å²) in [6.45, 7) is 2.29. The quantitative estimate of drug-likeness (QED) is 0.467. The first kappa shape index (κ1) is 30.1. The molecule has 2 aliphatic rings. The molecule has 2 amide bonds. The van der Waals surface area contributed by atoms with Gasteiger partial charge in [-0.2, -0.15) is 4.31 Å². The van der Waals surface area contributed by atoms with Gasteiger partial charge in [0, 0.05) is 38.7 Å². The summed E-state index contributed by atoms with van der Waals surface area (Å²) in [4.78, 5) is 40.0. The zero-order chi connectivity index (χ0) is 29.9. The van der Waals surface area contributed by atoms with Gasteiger partial charge in [-0.15, -0.1) is 0 Å². The second-order valence-electron chi connectivity index (χ2n) is 9.99. The largest absolute Gasteiger partial charge is 0.493 e. The monoisotopic (exact) mass is 588 g/mol. The van der Waals surface area contributed by atoms with Crippen molar-refractivity contribution in [3.8, 4) is 28.4 Å². The summed E-state index contributed by atoms with van der Waals surface area (Å²) >= 11 is 0. The number of anilines is 1. The number of nitrogens with one attached hydrogen (secondary N) is 2. The van der Waals surface area contributed by atoms with Gasteiger partial charge in [0.1, 0.15) is 0 Å². The minimum atomic E-state index is -3.31. The number of rotatable bonds is 8. The van der Waals surface area contributed by atoms with Gasteiger partial charge in [0.15, 0.2) is 11.5 Å². The maximum absolute atomic E-state index is 13.4. The molecule has 0 bridgehead atoms. The van der Waals surface area contributed by atoms with Gasteiger partial charge in [0.25, 0.3) is 0 Å². The molecule has 41 heavy (non-hydrogen) atoms. The molecule has 1 saturated heterocycles. The van der Waals surface area contributed by atoms with E-state index < -0.39 is 16.1 Å². The molecule has 1 aliphatic carbocycles. The molecule has 1 fully saturated rings. The molecule has 2 aromatic carbocycles. The van der Waals surface area contributed by atoms with Crippen LogP contribution in [-0.2, 0) is 26.0 Å². The zero-order valence-corrected chi connectivity index (χ0v) is 24.7. The third kappa shape index (κ3) is 6.41. The van der Waals surface area contributed by atoms with Crippen LogP contribution in [0, 0.1) is 0 Å². The smallest absolute Gasteiger partial charge is 0.241 e. The van der Waals surface area contributed by atoms with Crippen molar-refractivity contribution in [2.75, 3.05) is 65.6 Å². The summed E-state index contributed by atoms with van der Waals surface area (Å²) < 4.78 is 41.8. The molecule has 0 unspecified atom stereocenters. The number of piperazine rings is 1. The van der Waals surface area contributed by atoms with Crippen molar-refractivity contribution in [2.45, 2.75) is 25.8 Å². The van der Waals surface area contributed by atoms with Gasteiger partial charge in [-0.25, -0.2) is 8.42 Å². The van der Waals surface area contributed by atoms with Crippen LogP contribution in [-0.4, -0.2) is 89.7 Å². The topological polar surface area (TPSA) is 144 Å². The highest BCUT2D eigenvalue weighted by molar-refractivity contribution is 7.88. The lowest BCUT2D eigenvalue weighted by atomic mass is 9.95. The normalized spacial score (nSPS) is 17.0. The minimum absolute atomic E-state index is 0.136. The van der Waals surface area contributed by atoms with Gasteiger partial charge >= 0.3 is 0 Å². The molecule has 1 atom stereocenters. The Hall–Kier alpha value is -3.84. The van der Waals surface area contributed by atoms with E-state index in [1.54, 1.807) is 24.1 Å². The number of hydrogen-bond acceptors (Lipinski definition) is 9. The van der Waals surface area contributed by atoms with Crippen LogP contribution in [0.15, 0.2) is 29.1 Å². The fraction of sp³-hybridized carbons (Fsp3) is 0.464. The molecule has 12 nitrogen and oxygen atoms in total. The summed E-state index contributed by atoms with van der Waals surface area (Å²) in [6, 6.07) is 6.31. The Balaban J connectivity index is 1.70. The second-order valence-corrected chi connectivity index (χ2v) is 12.0. The summed E-state index contributed by atoms with van der Waals surface area (Å²) in [5, 5.41) is 5.93. The number of nitrogens with zero attached hydrogens (tertiary/aromatic N) is 2. The highest BCUT2D eigenvalue weighted by Crippen LogP contribution is 2.50. The Morgan fingerprint density at radius 2 is 1.68 bits per heavy atom. The Morgan fingerprint density at radius 1 is 1.00 bits per heavy atom. The van der Waals surface area contributed by atoms with Crippen LogP contribution in [0.25, 0.3) is 11.1 Å². The number of benzene rings is 1. The Bertz CT molecular complexity index is 1500. The lowest BCUT2D eigenvalue weighted by Gasteiger charge is -2.33. The Morgan fingerprint density at radius 3 is 2.27 bits per heavy atom. The van der Waals surface area contributed by atoms with E-state index in [9.17, 15) is 22.8 Å². The van der Waals surface area contributed by atoms with Crippen LogP contribution < -0.4 is 30.3 Å². The predicted octanol–water partition coefficient (Wildman–Crippen LogP) is 1.38. The molecular formula is C28H36N4O8S. The van der Waals surface area contributed by atoms with Gasteiger partial charge in [0.2, 0.25) is 33.0 Å². The van der Waals surface area contributed by atoms with Crippen LogP contribution in [0.4, 0.5) is 5.69 Å². The number of ether oxygens (including phenoxy) is 3. The Kier molecular flexibility index (Phi) is 9.08. The number of methoxy groups -OCH3 is 3. The van der Waals surface area contributed by atoms with Crippen molar-refractivity contribution in [3.05, 3.63) is 45.6 Å². The van der Waals surface area contributed by atoms with E-state index in [4.69, 9.17) is 14.2 Å². The van der Waals surface area contributed by atoms with Crippen LogP contribution in [0.1, 0.15) is 30.5 Å². The number of amides is 2. The van der Waals surface area contributed by atoms with Crippen LogP contribution in [0.3, 0.4) is 0 Å². The third-order valence-electron chi connectivity index (χ3n) is 7.41. The van der Waals surface area contributed by atoms with Gasteiger partial charge in [-0.1, -0.05) is 6.07 Å². The second kappa shape index (κ2) is 12.4. The molecule has 2 N–H and O–H groups in total. The number of sulfonamides is 1. The molecule has 1 heterocycles. The summed E-state index contributed by atoms with van der Waals surface area (Å²) in [5.41, 5.74) is 2.80. The summed E-state index contributed by atoms with van der Waals surface area (Å²) in [6.07, 6.45) is 2.26. The minimum Gasteiger partial charge on any atom is -0.493 e. The zero-order valence-electron chi connectivity index (χ0n) is 23.9. The van der Waals surface area contributed by atoms with Crippen molar-refractivity contribution >= 4 is 27.5 Å². The van der Waals surface area contributed by atoms with Crippen LogP contribution >= 0.6 is 0 Å². The van der Waals surface area contributed by atoms with Gasteiger partial charge in [-0.05, 0) is 47.7 Å². The number of hydrogen-bond donors (Lipinski definition) is 2. The fourth-order valence-corrected chi connectivity index (χ4v) is 6.23. The average molecular weight is 589 g/mol. The molecule has 0 saturated carbocycles. The maximum atomic E-state index is 13.4. The number of carbonyl (C=O) groups excluding carboxylic acids is 2. The van der Waals surface area contributed by atoms with Gasteiger partial charge in [-0.3, -0.25) is 14.4 Å². The van der Waals surface area contributed by atoms with E-state index in [1.165, 1.54) is 31.5 Å². The number of aryl methyl sites for hydroxylation is 1. The molecule has 1 aliphatic heterocycles. The molecule has 0 aromatic heterocycles. The van der Waals surface area contributed by atoms with Crippen molar-refractivity contribution < 1.29 is 32.2 Å². The van der Waals surface area contributed by atoms with Crippen LogP contribution in [0.5, 0.6) is 17.2 Å². The molecule has 13 heteroatoms. The highest BCUT2D eigenvalue weighted by Gasteiger charge is 2.30. The molecule has 2 aromatic rings. The summed E-state index contributed by atoms with van der Waals surface area (Å²) in [7, 11) is 1.28. The van der Waals surface area contributed by atoms with Crippen molar-refractivity contribution in [2.24, 2.45) is 0 Å². The molecule has 0 spiro atoms. The van der Waals surface area contributed by atoms with Gasteiger partial charge < -0.3 is 29.7 Å². The average Bonchev–Trinajstić information content (AvgIpc) is 3.18. The lowest BCUT2D eigenvalue weighted by molar-refractivity contribution is -0.130. The van der Waals surface area contributed by atoms with Crippen molar-refractivity contribution in [1.29, 1.82) is 0 Å². The Labute approximate surface area is 239 Å². The first-order valence-electron chi connectivity index (χ1n) is 13.2. The molecule has 4 rings (SSSR count). The number of carbonyl (C=O) groups is 2. The van der Waals surface area contributed by atoms with E-state index in [0.717, 1.165) is 17.4 Å². The van der Waals surface area contributed by atoms with Gasteiger partial charge in [0.05, 0.1) is 45.9 Å².